The van der Waals surface area contributed by atoms with Gasteiger partial charge in [-0.1, -0.05) is 0 Å². The Bertz CT molecular complexity index is 389. The molecule has 6 nitrogen and oxygen atoms in total. The van der Waals surface area contributed by atoms with Crippen LogP contribution in [0, 0.1) is 0 Å². The molecule has 1 rings (SSSR count). The molecule has 0 fully saturated rings. The van der Waals surface area contributed by atoms with E-state index in [1.807, 2.05) is 0 Å². The predicted octanol–water partition coefficient (Wildman–Crippen LogP) is 0.982. The molecular formula is C11H14N2O4. The van der Waals surface area contributed by atoms with Crippen LogP contribution in [0.25, 0.3) is 0 Å². The first-order valence-electron chi connectivity index (χ1n) is 5.11. The molecule has 0 unspecified atom stereocenters. The zero-order valence-corrected chi connectivity index (χ0v) is 9.73. The van der Waals surface area contributed by atoms with Gasteiger partial charge in [-0.25, -0.2) is 4.98 Å². The lowest BCUT2D eigenvalue weighted by atomic mass is 10.4. The lowest BCUT2D eigenvalue weighted by Gasteiger charge is -2.05. The highest BCUT2D eigenvalue weighted by Crippen LogP contribution is 2.11. The average molecular weight is 238 g/mol. The number of carbonyl (C=O) groups is 2. The minimum absolute atomic E-state index is 0.257. The molecule has 0 radical (unpaired) electrons. The van der Waals surface area contributed by atoms with Crippen LogP contribution < -0.4 is 10.1 Å². The SMILES string of the molecule is CCOC(=O)CC(=O)Nc1ccc(OC)cn1. The number of hydrogen-bond donors (Lipinski definition) is 1. The van der Waals surface area contributed by atoms with Gasteiger partial charge in [-0.3, -0.25) is 9.59 Å². The zero-order valence-electron chi connectivity index (χ0n) is 9.73. The van der Waals surface area contributed by atoms with E-state index >= 15 is 0 Å². The van der Waals surface area contributed by atoms with Crippen LogP contribution in [0.5, 0.6) is 5.75 Å². The average Bonchev–Trinajstić information content (AvgIpc) is 2.30. The molecule has 17 heavy (non-hydrogen) atoms. The second kappa shape index (κ2) is 6.47. The standard InChI is InChI=1S/C11H14N2O4/c1-3-17-11(15)6-10(14)13-9-5-4-8(16-2)7-12-9/h4-5,7H,3,6H2,1-2H3,(H,12,13,14). The molecule has 0 aliphatic carbocycles. The molecule has 0 saturated carbocycles. The summed E-state index contributed by atoms with van der Waals surface area (Å²) in [6.45, 7) is 1.94. The van der Waals surface area contributed by atoms with Crippen molar-refractivity contribution in [3.05, 3.63) is 18.3 Å². The van der Waals surface area contributed by atoms with Crippen LogP contribution >= 0.6 is 0 Å². The number of anilines is 1. The van der Waals surface area contributed by atoms with Crippen molar-refractivity contribution in [3.8, 4) is 5.75 Å². The lowest BCUT2D eigenvalue weighted by molar-refractivity contribution is -0.145. The van der Waals surface area contributed by atoms with Crippen molar-refractivity contribution in [3.63, 3.8) is 0 Å². The molecule has 1 N–H and O–H groups in total. The Hall–Kier alpha value is -2.11. The normalized spacial score (nSPS) is 9.53. The fourth-order valence-electron chi connectivity index (χ4n) is 1.11. The summed E-state index contributed by atoms with van der Waals surface area (Å²) >= 11 is 0. The molecular weight excluding hydrogens is 224 g/mol. The van der Waals surface area contributed by atoms with Gasteiger partial charge >= 0.3 is 5.97 Å². The van der Waals surface area contributed by atoms with Crippen LogP contribution in [-0.4, -0.2) is 30.6 Å². The highest BCUT2D eigenvalue weighted by atomic mass is 16.5. The summed E-state index contributed by atoms with van der Waals surface area (Å²) in [6.07, 6.45) is 1.15. The first kappa shape index (κ1) is 13.0. The van der Waals surface area contributed by atoms with Crippen molar-refractivity contribution in [2.75, 3.05) is 19.0 Å². The summed E-state index contributed by atoms with van der Waals surface area (Å²) in [7, 11) is 1.52. The number of nitrogens with one attached hydrogen (secondary N) is 1. The van der Waals surface area contributed by atoms with E-state index in [-0.39, 0.29) is 13.0 Å². The number of esters is 1. The summed E-state index contributed by atoms with van der Waals surface area (Å²) in [5, 5.41) is 2.48. The minimum Gasteiger partial charge on any atom is -0.495 e. The van der Waals surface area contributed by atoms with Crippen molar-refractivity contribution in [1.29, 1.82) is 0 Å². The van der Waals surface area contributed by atoms with Crippen LogP contribution in [0.1, 0.15) is 13.3 Å². The van der Waals surface area contributed by atoms with E-state index in [2.05, 4.69) is 15.0 Å². The maximum atomic E-state index is 11.4. The van der Waals surface area contributed by atoms with Gasteiger partial charge in [0.25, 0.3) is 0 Å². The first-order valence-corrected chi connectivity index (χ1v) is 5.11. The summed E-state index contributed by atoms with van der Waals surface area (Å²) < 4.78 is 9.57. The number of aromatic nitrogens is 1. The van der Waals surface area contributed by atoms with Gasteiger partial charge in [0.15, 0.2) is 0 Å². The van der Waals surface area contributed by atoms with Crippen molar-refractivity contribution in [1.82, 2.24) is 4.98 Å². The molecule has 0 aliphatic rings. The Balaban J connectivity index is 2.47. The molecule has 0 aromatic carbocycles. The number of carbonyl (C=O) groups excluding carboxylic acids is 2. The second-order valence-electron chi connectivity index (χ2n) is 3.11. The Labute approximate surface area is 98.9 Å². The zero-order chi connectivity index (χ0) is 12.7. The molecule has 0 atom stereocenters. The molecule has 1 aromatic heterocycles. The summed E-state index contributed by atoms with van der Waals surface area (Å²) in [5.41, 5.74) is 0. The first-order chi connectivity index (χ1) is 8.15. The third-order valence-electron chi connectivity index (χ3n) is 1.85. The maximum Gasteiger partial charge on any atom is 0.315 e. The smallest absolute Gasteiger partial charge is 0.315 e. The van der Waals surface area contributed by atoms with E-state index in [0.29, 0.717) is 11.6 Å². The Morgan fingerprint density at radius 2 is 2.18 bits per heavy atom. The topological polar surface area (TPSA) is 77.5 Å². The number of methoxy groups -OCH3 is 1. The predicted molar refractivity (Wildman–Crippen MR) is 60.7 cm³/mol. The lowest BCUT2D eigenvalue weighted by Crippen LogP contribution is -2.18. The third kappa shape index (κ3) is 4.50. The number of amides is 1. The van der Waals surface area contributed by atoms with Crippen LogP contribution in [0.3, 0.4) is 0 Å². The highest BCUT2D eigenvalue weighted by molar-refractivity contribution is 6.01. The fourth-order valence-corrected chi connectivity index (χ4v) is 1.11. The molecule has 1 aromatic rings. The van der Waals surface area contributed by atoms with Crippen molar-refractivity contribution in [2.45, 2.75) is 13.3 Å². The highest BCUT2D eigenvalue weighted by Gasteiger charge is 2.10. The van der Waals surface area contributed by atoms with Gasteiger partial charge in [-0.2, -0.15) is 0 Å². The Morgan fingerprint density at radius 3 is 2.71 bits per heavy atom. The van der Waals surface area contributed by atoms with E-state index in [1.54, 1.807) is 19.1 Å². The van der Waals surface area contributed by atoms with Crippen molar-refractivity contribution >= 4 is 17.7 Å². The van der Waals surface area contributed by atoms with Crippen LogP contribution in [0.4, 0.5) is 5.82 Å². The third-order valence-corrected chi connectivity index (χ3v) is 1.85. The van der Waals surface area contributed by atoms with Gasteiger partial charge in [0.2, 0.25) is 5.91 Å². The number of rotatable bonds is 5. The molecule has 6 heteroatoms. The second-order valence-corrected chi connectivity index (χ2v) is 3.11. The minimum atomic E-state index is -0.557. The number of nitrogens with zero attached hydrogens (tertiary/aromatic N) is 1. The molecule has 92 valence electrons. The summed E-state index contributed by atoms with van der Waals surface area (Å²) in [5.74, 6) is -0.0619. The van der Waals surface area contributed by atoms with Crippen LogP contribution in [-0.2, 0) is 14.3 Å². The largest absolute Gasteiger partial charge is 0.495 e. The summed E-state index contributed by atoms with van der Waals surface area (Å²) in [6, 6.07) is 3.24. The van der Waals surface area contributed by atoms with Crippen molar-refractivity contribution in [2.24, 2.45) is 0 Å². The van der Waals surface area contributed by atoms with E-state index in [0.717, 1.165) is 0 Å². The fraction of sp³-hybridized carbons (Fsp3) is 0.364. The van der Waals surface area contributed by atoms with Gasteiger partial charge in [0.1, 0.15) is 18.0 Å². The molecule has 0 spiro atoms. The van der Waals surface area contributed by atoms with Crippen LogP contribution in [0.2, 0.25) is 0 Å². The van der Waals surface area contributed by atoms with Gasteiger partial charge in [0.05, 0.1) is 19.9 Å². The van der Waals surface area contributed by atoms with Gasteiger partial charge in [-0.15, -0.1) is 0 Å². The molecule has 0 aliphatic heterocycles. The number of ether oxygens (including phenoxy) is 2. The quantitative estimate of drug-likeness (QED) is 0.611. The Morgan fingerprint density at radius 1 is 1.41 bits per heavy atom. The molecule has 1 amide bonds. The molecule has 0 saturated heterocycles. The van der Waals surface area contributed by atoms with Crippen LogP contribution in [0.15, 0.2) is 18.3 Å². The van der Waals surface area contributed by atoms with Crippen molar-refractivity contribution < 1.29 is 19.1 Å². The molecule has 1 heterocycles. The van der Waals surface area contributed by atoms with Gasteiger partial charge in [0, 0.05) is 0 Å². The summed E-state index contributed by atoms with van der Waals surface area (Å²) in [4.78, 5) is 26.3. The number of hydrogen-bond acceptors (Lipinski definition) is 5. The Kier molecular flexibility index (Phi) is 4.93. The van der Waals surface area contributed by atoms with E-state index in [4.69, 9.17) is 4.74 Å². The monoisotopic (exact) mass is 238 g/mol. The molecule has 0 bridgehead atoms. The number of pyridine rings is 1. The van der Waals surface area contributed by atoms with Gasteiger partial charge < -0.3 is 14.8 Å². The van der Waals surface area contributed by atoms with E-state index < -0.39 is 11.9 Å². The van der Waals surface area contributed by atoms with E-state index in [1.165, 1.54) is 13.3 Å². The van der Waals surface area contributed by atoms with E-state index in [9.17, 15) is 9.59 Å². The maximum absolute atomic E-state index is 11.4. The van der Waals surface area contributed by atoms with Gasteiger partial charge in [-0.05, 0) is 19.1 Å².